The quantitative estimate of drug-likeness (QED) is 0.317. The Morgan fingerprint density at radius 1 is 0.950 bits per heavy atom. The van der Waals surface area contributed by atoms with Gasteiger partial charge in [-0.2, -0.15) is 13.2 Å². The molecular weight excluding hydrogens is 567 g/mol. The third-order valence-electron chi connectivity index (χ3n) is 6.11. The highest BCUT2D eigenvalue weighted by Gasteiger charge is 2.36. The third-order valence-corrected chi connectivity index (χ3v) is 8.26. The van der Waals surface area contributed by atoms with Crippen LogP contribution in [0.1, 0.15) is 31.4 Å². The van der Waals surface area contributed by atoms with Crippen LogP contribution in [0.25, 0.3) is 0 Å². The molecule has 7 nitrogen and oxygen atoms in total. The Bertz CT molecular complexity index is 1440. The third kappa shape index (κ3) is 7.33. The lowest BCUT2D eigenvalue weighted by atomic mass is 10.1. The summed E-state index contributed by atoms with van der Waals surface area (Å²) in [5.74, 6) is -1.25. The lowest BCUT2D eigenvalue weighted by molar-refractivity contribution is -0.140. The zero-order valence-corrected chi connectivity index (χ0v) is 23.4. The van der Waals surface area contributed by atoms with Crippen molar-refractivity contribution >= 4 is 39.1 Å². The number of alkyl halides is 3. The maximum Gasteiger partial charge on any atom is 0.416 e. The second kappa shape index (κ2) is 13.2. The summed E-state index contributed by atoms with van der Waals surface area (Å²) in [4.78, 5) is 27.8. The van der Waals surface area contributed by atoms with Crippen LogP contribution < -0.4 is 9.62 Å². The van der Waals surface area contributed by atoms with E-state index in [1.807, 2.05) is 0 Å². The van der Waals surface area contributed by atoms with Gasteiger partial charge in [0.25, 0.3) is 10.0 Å². The number of hydrogen-bond donors (Lipinski definition) is 1. The Hall–Kier alpha value is -3.57. The van der Waals surface area contributed by atoms with Gasteiger partial charge >= 0.3 is 6.18 Å². The van der Waals surface area contributed by atoms with E-state index in [9.17, 15) is 31.2 Å². The first-order valence-corrected chi connectivity index (χ1v) is 14.3. The lowest BCUT2D eigenvalue weighted by Gasteiger charge is -2.33. The largest absolute Gasteiger partial charge is 0.416 e. The molecule has 0 heterocycles. The Balaban J connectivity index is 2.12. The molecule has 40 heavy (non-hydrogen) atoms. The summed E-state index contributed by atoms with van der Waals surface area (Å²) >= 11 is 6.32. The molecule has 1 atom stereocenters. The number of nitrogens with zero attached hydrogens (tertiary/aromatic N) is 2. The number of sulfonamides is 1. The summed E-state index contributed by atoms with van der Waals surface area (Å²) in [6, 6.07) is 16.5. The first-order valence-electron chi connectivity index (χ1n) is 12.5. The number of anilines is 1. The number of likely N-dealkylation sites (N-methyl/N-ethyl adjacent to an activating group) is 1. The Labute approximate surface area is 236 Å². The second-order valence-electron chi connectivity index (χ2n) is 8.80. The predicted octanol–water partition coefficient (Wildman–Crippen LogP) is 5.50. The summed E-state index contributed by atoms with van der Waals surface area (Å²) in [6.07, 6.45) is -4.55. The van der Waals surface area contributed by atoms with Crippen molar-refractivity contribution in [3.8, 4) is 0 Å². The Kier molecular flexibility index (Phi) is 10.2. The Morgan fingerprint density at radius 3 is 2.20 bits per heavy atom. The Morgan fingerprint density at radius 2 is 1.60 bits per heavy atom. The molecule has 214 valence electrons. The summed E-state index contributed by atoms with van der Waals surface area (Å²) in [5, 5.41) is 3.01. The summed E-state index contributed by atoms with van der Waals surface area (Å²) in [6.45, 7) is 2.71. The average Bonchev–Trinajstić information content (AvgIpc) is 2.92. The molecule has 0 aliphatic rings. The van der Waals surface area contributed by atoms with E-state index >= 15 is 0 Å². The highest BCUT2D eigenvalue weighted by atomic mass is 35.5. The molecule has 0 aliphatic heterocycles. The molecule has 2 amide bonds. The second-order valence-corrected chi connectivity index (χ2v) is 11.1. The predicted molar refractivity (Wildman–Crippen MR) is 147 cm³/mol. The zero-order chi connectivity index (χ0) is 29.5. The SMILES string of the molecule is CCNC(=O)[C@@H](CC)N(Cc1ccccc1Cl)C(=O)CN(c1cccc(C(F)(F)F)c1)S(=O)(=O)c1ccccc1. The van der Waals surface area contributed by atoms with Gasteiger partial charge in [0.05, 0.1) is 16.1 Å². The van der Waals surface area contributed by atoms with Crippen molar-refractivity contribution in [3.63, 3.8) is 0 Å². The van der Waals surface area contributed by atoms with Gasteiger partial charge in [-0.25, -0.2) is 8.42 Å². The number of nitrogens with one attached hydrogen (secondary N) is 1. The van der Waals surface area contributed by atoms with Crippen LogP contribution >= 0.6 is 11.6 Å². The summed E-state index contributed by atoms with van der Waals surface area (Å²) < 4.78 is 68.7. The monoisotopic (exact) mass is 595 g/mol. The standard InChI is InChI=1S/C28H29ClF3N3O4S/c1-3-25(27(37)33-4-2)34(18-20-11-8-9-16-24(20)29)26(36)19-35(40(38,39)23-14-6-5-7-15-23)22-13-10-12-21(17-22)28(30,31)32/h5-17,25H,3-4,18-19H2,1-2H3,(H,33,37)/t25-/m1/s1. The number of halogens is 4. The number of rotatable bonds is 11. The van der Waals surface area contributed by atoms with E-state index < -0.39 is 46.2 Å². The highest BCUT2D eigenvalue weighted by molar-refractivity contribution is 7.92. The highest BCUT2D eigenvalue weighted by Crippen LogP contribution is 2.33. The molecule has 0 spiro atoms. The lowest BCUT2D eigenvalue weighted by Crippen LogP contribution is -2.52. The number of carbonyl (C=O) groups is 2. The van der Waals surface area contributed by atoms with Gasteiger partial charge < -0.3 is 10.2 Å². The van der Waals surface area contributed by atoms with E-state index in [2.05, 4.69) is 5.32 Å². The van der Waals surface area contributed by atoms with E-state index in [1.165, 1.54) is 35.2 Å². The minimum absolute atomic E-state index is 0.129. The van der Waals surface area contributed by atoms with Crippen LogP contribution in [-0.2, 0) is 32.3 Å². The number of benzene rings is 3. The average molecular weight is 596 g/mol. The minimum atomic E-state index is -4.75. The number of amides is 2. The molecule has 3 rings (SSSR count). The van der Waals surface area contributed by atoms with Crippen molar-refractivity contribution in [2.45, 2.75) is 43.9 Å². The van der Waals surface area contributed by atoms with Gasteiger partial charge in [-0.3, -0.25) is 13.9 Å². The van der Waals surface area contributed by atoms with Gasteiger partial charge in [-0.05, 0) is 55.3 Å². The molecule has 12 heteroatoms. The fourth-order valence-corrected chi connectivity index (χ4v) is 5.73. The van der Waals surface area contributed by atoms with Crippen molar-refractivity contribution in [2.75, 3.05) is 17.4 Å². The van der Waals surface area contributed by atoms with Crippen LogP contribution in [0.4, 0.5) is 18.9 Å². The van der Waals surface area contributed by atoms with Crippen LogP contribution in [-0.4, -0.2) is 44.3 Å². The van der Waals surface area contributed by atoms with Crippen molar-refractivity contribution in [1.82, 2.24) is 10.2 Å². The van der Waals surface area contributed by atoms with Gasteiger partial charge in [-0.1, -0.05) is 61.0 Å². The van der Waals surface area contributed by atoms with Gasteiger partial charge in [-0.15, -0.1) is 0 Å². The van der Waals surface area contributed by atoms with E-state index in [-0.39, 0.29) is 23.5 Å². The van der Waals surface area contributed by atoms with E-state index in [1.54, 1.807) is 44.2 Å². The molecule has 0 saturated carbocycles. The van der Waals surface area contributed by atoms with Crippen LogP contribution in [0.3, 0.4) is 0 Å². The van der Waals surface area contributed by atoms with Crippen molar-refractivity contribution in [1.29, 1.82) is 0 Å². The van der Waals surface area contributed by atoms with Gasteiger partial charge in [0, 0.05) is 18.1 Å². The van der Waals surface area contributed by atoms with E-state index in [0.29, 0.717) is 27.5 Å². The van der Waals surface area contributed by atoms with Crippen molar-refractivity contribution in [3.05, 3.63) is 95.0 Å². The van der Waals surface area contributed by atoms with Crippen molar-refractivity contribution < 1.29 is 31.2 Å². The molecular formula is C28H29ClF3N3O4S. The molecule has 0 aromatic heterocycles. The molecule has 0 radical (unpaired) electrons. The topological polar surface area (TPSA) is 86.8 Å². The maximum atomic E-state index is 13.9. The molecule has 3 aromatic rings. The van der Waals surface area contributed by atoms with Crippen LogP contribution in [0.2, 0.25) is 5.02 Å². The normalized spacial score (nSPS) is 12.4. The number of hydrogen-bond acceptors (Lipinski definition) is 4. The van der Waals surface area contributed by atoms with Crippen LogP contribution in [0, 0.1) is 0 Å². The molecule has 1 N–H and O–H groups in total. The summed E-state index contributed by atoms with van der Waals surface area (Å²) in [5.41, 5.74) is -0.917. The van der Waals surface area contributed by atoms with Gasteiger partial charge in [0.15, 0.2) is 0 Å². The van der Waals surface area contributed by atoms with E-state index in [4.69, 9.17) is 11.6 Å². The molecule has 0 unspecified atom stereocenters. The molecule has 0 saturated heterocycles. The fourth-order valence-electron chi connectivity index (χ4n) is 4.11. The molecule has 0 fully saturated rings. The first kappa shape index (κ1) is 31.0. The van der Waals surface area contributed by atoms with Gasteiger partial charge in [0.1, 0.15) is 12.6 Å². The minimum Gasteiger partial charge on any atom is -0.355 e. The smallest absolute Gasteiger partial charge is 0.355 e. The molecule has 0 aliphatic carbocycles. The molecule has 3 aromatic carbocycles. The van der Waals surface area contributed by atoms with Crippen molar-refractivity contribution in [2.24, 2.45) is 0 Å². The van der Waals surface area contributed by atoms with Gasteiger partial charge in [0.2, 0.25) is 11.8 Å². The first-order chi connectivity index (χ1) is 18.9. The van der Waals surface area contributed by atoms with Crippen LogP contribution in [0.15, 0.2) is 83.8 Å². The maximum absolute atomic E-state index is 13.9. The molecule has 0 bridgehead atoms. The van der Waals surface area contributed by atoms with Crippen LogP contribution in [0.5, 0.6) is 0 Å². The zero-order valence-electron chi connectivity index (χ0n) is 21.9. The van der Waals surface area contributed by atoms with E-state index in [0.717, 1.165) is 12.1 Å². The summed E-state index contributed by atoms with van der Waals surface area (Å²) in [7, 11) is -4.50. The fraction of sp³-hybridized carbons (Fsp3) is 0.286. The number of carbonyl (C=O) groups excluding carboxylic acids is 2.